The molecule has 2 aliphatic rings. The van der Waals surface area contributed by atoms with Crippen molar-refractivity contribution in [2.24, 2.45) is 5.92 Å². The van der Waals surface area contributed by atoms with Gasteiger partial charge >= 0.3 is 19.5 Å². The summed E-state index contributed by atoms with van der Waals surface area (Å²) in [6, 6.07) is 17.1. The maximum absolute atomic E-state index is 14.2. The van der Waals surface area contributed by atoms with Crippen LogP contribution in [0.3, 0.4) is 0 Å². The molecule has 0 spiro atoms. The van der Waals surface area contributed by atoms with E-state index in [1.807, 2.05) is 30.3 Å². The zero-order valence-electron chi connectivity index (χ0n) is 20.0. The predicted molar refractivity (Wildman–Crippen MR) is 130 cm³/mol. The molecule has 2 heterocycles. The fourth-order valence-corrected chi connectivity index (χ4v) is 6.89. The van der Waals surface area contributed by atoms with Gasteiger partial charge in [-0.2, -0.15) is 0 Å². The number of hydrogen-bond acceptors (Lipinski definition) is 7. The highest BCUT2D eigenvalue weighted by Crippen LogP contribution is 2.53. The third-order valence-corrected chi connectivity index (χ3v) is 8.72. The summed E-state index contributed by atoms with van der Waals surface area (Å²) in [6.07, 6.45) is 0.209. The summed E-state index contributed by atoms with van der Waals surface area (Å²) >= 11 is 0. The SMILES string of the molecule is COC(=O)[C@H]1[C@@H](OP(=O)(OCc2ccccc2)c2ccccc2)C[C@@H]2CC[C@H]1N2C(=O)CCC(=O)O. The van der Waals surface area contributed by atoms with Crippen molar-refractivity contribution < 1.29 is 37.8 Å². The van der Waals surface area contributed by atoms with Gasteiger partial charge < -0.3 is 23.8 Å². The number of fused-ring (bicyclic) bond motifs is 2. The van der Waals surface area contributed by atoms with Crippen molar-refractivity contribution in [1.29, 1.82) is 0 Å². The van der Waals surface area contributed by atoms with E-state index in [2.05, 4.69) is 0 Å². The number of esters is 1. The average molecular weight is 515 g/mol. The molecule has 4 rings (SSSR count). The molecule has 0 aromatic heterocycles. The number of carboxylic acid groups (broad SMARTS) is 1. The molecular weight excluding hydrogens is 485 g/mol. The molecule has 0 saturated carbocycles. The molecule has 9 nitrogen and oxygen atoms in total. The van der Waals surface area contributed by atoms with E-state index in [1.165, 1.54) is 7.11 Å². The molecule has 0 aliphatic carbocycles. The summed E-state index contributed by atoms with van der Waals surface area (Å²) in [5, 5.41) is 9.36. The van der Waals surface area contributed by atoms with Crippen molar-refractivity contribution >= 4 is 30.7 Å². The first-order chi connectivity index (χ1) is 17.3. The second-order valence-electron chi connectivity index (χ2n) is 9.01. The minimum atomic E-state index is -3.88. The van der Waals surface area contributed by atoms with Gasteiger partial charge in [0.15, 0.2) is 0 Å². The van der Waals surface area contributed by atoms with Gasteiger partial charge in [-0.3, -0.25) is 18.9 Å². The van der Waals surface area contributed by atoms with Gasteiger partial charge in [-0.25, -0.2) is 0 Å². The molecule has 5 atom stereocenters. The molecule has 1 N–H and O–H groups in total. The standard InChI is InChI=1S/C26H30NO8P/c1-33-26(31)25-21-13-12-19(27(21)23(28)14-15-24(29)30)16-22(25)35-36(32,20-10-6-3-7-11-20)34-17-18-8-4-2-5-9-18/h2-11,19,21-22,25H,12-17H2,1H3,(H,29,30)/t19-,21+,22-,25+,36?/m0/s1. The number of amides is 1. The molecule has 2 aliphatic heterocycles. The second kappa shape index (κ2) is 11.4. The molecule has 2 fully saturated rings. The van der Waals surface area contributed by atoms with Gasteiger partial charge in [0, 0.05) is 18.5 Å². The smallest absolute Gasteiger partial charge is 0.361 e. The lowest BCUT2D eigenvalue weighted by Gasteiger charge is -2.43. The summed E-state index contributed by atoms with van der Waals surface area (Å²) in [4.78, 5) is 38.4. The number of carbonyl (C=O) groups is 3. The number of nitrogens with zero attached hydrogens (tertiary/aromatic N) is 1. The second-order valence-corrected chi connectivity index (χ2v) is 11.0. The molecule has 10 heteroatoms. The molecule has 2 bridgehead atoms. The number of carboxylic acids is 1. The number of methoxy groups -OCH3 is 1. The van der Waals surface area contributed by atoms with Gasteiger partial charge in [0.05, 0.1) is 31.5 Å². The Morgan fingerprint density at radius 1 is 1.00 bits per heavy atom. The molecule has 2 aromatic carbocycles. The topological polar surface area (TPSA) is 119 Å². The van der Waals surface area contributed by atoms with E-state index in [0.717, 1.165) is 5.56 Å². The van der Waals surface area contributed by atoms with Crippen LogP contribution in [0.5, 0.6) is 0 Å². The maximum atomic E-state index is 14.2. The van der Waals surface area contributed by atoms with Crippen LogP contribution in [0.4, 0.5) is 0 Å². The first-order valence-electron chi connectivity index (χ1n) is 12.0. The van der Waals surface area contributed by atoms with E-state index in [-0.39, 0.29) is 37.8 Å². The van der Waals surface area contributed by atoms with Crippen LogP contribution in [0.1, 0.15) is 37.7 Å². The number of benzene rings is 2. The molecule has 2 aromatic rings. The Kier molecular flexibility index (Phi) is 8.24. The summed E-state index contributed by atoms with van der Waals surface area (Å²) in [5.41, 5.74) is 0.820. The monoisotopic (exact) mass is 515 g/mol. The predicted octanol–water partition coefficient (Wildman–Crippen LogP) is 3.52. The van der Waals surface area contributed by atoms with Crippen LogP contribution in [-0.4, -0.2) is 53.1 Å². The minimum absolute atomic E-state index is 0.0509. The Hall–Kier alpha value is -3.00. The number of ether oxygens (including phenoxy) is 1. The van der Waals surface area contributed by atoms with E-state index in [0.29, 0.717) is 18.1 Å². The van der Waals surface area contributed by atoms with Crippen molar-refractivity contribution in [1.82, 2.24) is 4.90 Å². The Labute approximate surface area is 209 Å². The van der Waals surface area contributed by atoms with Crippen molar-refractivity contribution in [3.63, 3.8) is 0 Å². The number of hydrogen-bond donors (Lipinski definition) is 1. The first-order valence-corrected chi connectivity index (χ1v) is 13.5. The number of carbonyl (C=O) groups excluding carboxylic acids is 2. The molecule has 2 saturated heterocycles. The van der Waals surface area contributed by atoms with E-state index < -0.39 is 37.6 Å². The fraction of sp³-hybridized carbons (Fsp3) is 0.423. The lowest BCUT2D eigenvalue weighted by Crippen LogP contribution is -2.56. The van der Waals surface area contributed by atoms with Crippen molar-refractivity contribution in [2.45, 2.75) is 56.9 Å². The lowest BCUT2D eigenvalue weighted by molar-refractivity contribution is -0.159. The van der Waals surface area contributed by atoms with E-state index >= 15 is 0 Å². The van der Waals surface area contributed by atoms with Crippen LogP contribution in [0.2, 0.25) is 0 Å². The van der Waals surface area contributed by atoms with Crippen LogP contribution in [0, 0.1) is 5.92 Å². The van der Waals surface area contributed by atoms with Crippen LogP contribution < -0.4 is 5.30 Å². The molecule has 1 amide bonds. The summed E-state index contributed by atoms with van der Waals surface area (Å²) < 4.78 is 31.4. The normalized spacial score (nSPS) is 24.6. The molecule has 36 heavy (non-hydrogen) atoms. The third-order valence-electron chi connectivity index (χ3n) is 6.77. The van der Waals surface area contributed by atoms with E-state index in [9.17, 15) is 18.9 Å². The molecule has 0 radical (unpaired) electrons. The summed E-state index contributed by atoms with van der Waals surface area (Å²) in [7, 11) is -2.61. The Morgan fingerprint density at radius 2 is 1.67 bits per heavy atom. The zero-order chi connectivity index (χ0) is 25.7. The Morgan fingerprint density at radius 3 is 2.31 bits per heavy atom. The molecule has 1 unspecified atom stereocenters. The third kappa shape index (κ3) is 5.69. The quantitative estimate of drug-likeness (QED) is 0.377. The van der Waals surface area contributed by atoms with Crippen molar-refractivity contribution in [3.8, 4) is 0 Å². The number of aliphatic carboxylic acids is 1. The number of piperidine rings is 1. The maximum Gasteiger partial charge on any atom is 0.361 e. The van der Waals surface area contributed by atoms with Gasteiger partial charge in [0.1, 0.15) is 5.92 Å². The van der Waals surface area contributed by atoms with Crippen LogP contribution in [0.15, 0.2) is 60.7 Å². The lowest BCUT2D eigenvalue weighted by atomic mass is 9.87. The van der Waals surface area contributed by atoms with Gasteiger partial charge in [-0.05, 0) is 37.0 Å². The highest BCUT2D eigenvalue weighted by Gasteiger charge is 2.54. The van der Waals surface area contributed by atoms with E-state index in [1.54, 1.807) is 35.2 Å². The number of rotatable bonds is 10. The van der Waals surface area contributed by atoms with Crippen LogP contribution in [-0.2, 0) is 39.3 Å². The Bertz CT molecular complexity index is 1130. The van der Waals surface area contributed by atoms with Gasteiger partial charge in [0.2, 0.25) is 5.91 Å². The zero-order valence-corrected chi connectivity index (χ0v) is 20.9. The summed E-state index contributed by atoms with van der Waals surface area (Å²) in [6.45, 7) is 0.0509. The minimum Gasteiger partial charge on any atom is -0.481 e. The highest BCUT2D eigenvalue weighted by atomic mass is 31.2. The van der Waals surface area contributed by atoms with Gasteiger partial charge in [0.25, 0.3) is 0 Å². The Balaban J connectivity index is 1.60. The van der Waals surface area contributed by atoms with Crippen molar-refractivity contribution in [2.75, 3.05) is 7.11 Å². The largest absolute Gasteiger partial charge is 0.481 e. The van der Waals surface area contributed by atoms with Crippen molar-refractivity contribution in [3.05, 3.63) is 66.2 Å². The van der Waals surface area contributed by atoms with Gasteiger partial charge in [-0.1, -0.05) is 48.5 Å². The first kappa shape index (κ1) is 26.1. The molecular formula is C26H30NO8P. The highest BCUT2D eigenvalue weighted by molar-refractivity contribution is 7.62. The average Bonchev–Trinajstić information content (AvgIpc) is 3.21. The summed E-state index contributed by atoms with van der Waals surface area (Å²) in [5.74, 6) is -2.81. The van der Waals surface area contributed by atoms with E-state index in [4.69, 9.17) is 18.9 Å². The van der Waals surface area contributed by atoms with Crippen LogP contribution in [0.25, 0.3) is 0 Å². The molecule has 192 valence electrons. The fourth-order valence-electron chi connectivity index (χ4n) is 5.13. The van der Waals surface area contributed by atoms with Gasteiger partial charge in [-0.15, -0.1) is 0 Å². The van der Waals surface area contributed by atoms with Crippen LogP contribution >= 0.6 is 7.60 Å².